The Morgan fingerprint density at radius 1 is 1.17 bits per heavy atom. The Balaban J connectivity index is 2.05. The summed E-state index contributed by atoms with van der Waals surface area (Å²) >= 11 is 0. The molecule has 0 bridgehead atoms. The molecule has 0 aromatic heterocycles. The molecule has 92 valence electrons. The molecule has 0 amide bonds. The number of hydrogen-bond acceptors (Lipinski definition) is 2. The molecule has 1 aliphatic carbocycles. The Bertz CT molecular complexity index is 556. The summed E-state index contributed by atoms with van der Waals surface area (Å²) in [6, 6.07) is 10.3. The smallest absolute Gasteiger partial charge is 0.180 e. The van der Waals surface area contributed by atoms with Gasteiger partial charge >= 0.3 is 0 Å². The number of hydrogen-bond donors (Lipinski definition) is 0. The van der Waals surface area contributed by atoms with Crippen molar-refractivity contribution < 1.29 is 4.79 Å². The fraction of sp³-hybridized carbons (Fsp3) is 0.312. The van der Waals surface area contributed by atoms with Crippen LogP contribution in [0.2, 0.25) is 0 Å². The first-order valence-electron chi connectivity index (χ1n) is 6.39. The summed E-state index contributed by atoms with van der Waals surface area (Å²) in [5.41, 5.74) is 3.54. The number of para-hydroxylation sites is 1. The molecule has 18 heavy (non-hydrogen) atoms. The zero-order valence-corrected chi connectivity index (χ0v) is 10.8. The van der Waals surface area contributed by atoms with Crippen LogP contribution in [0.3, 0.4) is 0 Å². The number of nitrogens with zero attached hydrogens (tertiary/aromatic N) is 1. The number of carbonyl (C=O) groups is 1. The van der Waals surface area contributed by atoms with Gasteiger partial charge in [-0.3, -0.25) is 4.79 Å². The van der Waals surface area contributed by atoms with E-state index in [1.54, 1.807) is 12.2 Å². The Morgan fingerprint density at radius 2 is 1.89 bits per heavy atom. The number of rotatable bonds is 1. The number of anilines is 1. The summed E-state index contributed by atoms with van der Waals surface area (Å²) in [5.74, 6) is 0.114. The average Bonchev–Trinajstić information content (AvgIpc) is 2.70. The molecule has 2 heteroatoms. The van der Waals surface area contributed by atoms with Crippen LogP contribution in [-0.2, 0) is 4.79 Å². The molecule has 0 N–H and O–H groups in total. The van der Waals surface area contributed by atoms with Crippen molar-refractivity contribution in [2.24, 2.45) is 5.41 Å². The summed E-state index contributed by atoms with van der Waals surface area (Å²) in [5, 5.41) is 0. The fourth-order valence-corrected chi connectivity index (χ4v) is 2.94. The number of carbonyl (C=O) groups excluding carboxylic acids is 1. The van der Waals surface area contributed by atoms with Crippen LogP contribution >= 0.6 is 0 Å². The third-order valence-electron chi connectivity index (χ3n) is 4.27. The Hall–Kier alpha value is -1.83. The lowest BCUT2D eigenvalue weighted by Crippen LogP contribution is -2.27. The molecule has 2 aliphatic rings. The first-order chi connectivity index (χ1) is 8.61. The Kier molecular flexibility index (Phi) is 2.40. The number of fused-ring (bicyclic) bond motifs is 1. The van der Waals surface area contributed by atoms with Crippen molar-refractivity contribution in [2.45, 2.75) is 20.3 Å². The monoisotopic (exact) mass is 239 g/mol. The predicted molar refractivity (Wildman–Crippen MR) is 73.4 cm³/mol. The summed E-state index contributed by atoms with van der Waals surface area (Å²) < 4.78 is 0. The maximum atomic E-state index is 11.8. The van der Waals surface area contributed by atoms with Crippen LogP contribution in [0.15, 0.2) is 53.8 Å². The first-order valence-corrected chi connectivity index (χ1v) is 6.39. The van der Waals surface area contributed by atoms with E-state index >= 15 is 0 Å². The molecule has 1 unspecified atom stereocenters. The SMILES string of the molecule is CC1=CC(=O)C=C2N(c3ccccc3)CCC12C. The van der Waals surface area contributed by atoms with Gasteiger partial charge < -0.3 is 4.90 Å². The molecule has 0 saturated carbocycles. The average molecular weight is 239 g/mol. The minimum Gasteiger partial charge on any atom is -0.344 e. The van der Waals surface area contributed by atoms with Gasteiger partial charge in [-0.2, -0.15) is 0 Å². The van der Waals surface area contributed by atoms with Crippen LogP contribution in [0.25, 0.3) is 0 Å². The van der Waals surface area contributed by atoms with E-state index < -0.39 is 0 Å². The predicted octanol–water partition coefficient (Wildman–Crippen LogP) is 3.32. The lowest BCUT2D eigenvalue weighted by atomic mass is 9.76. The molecule has 1 aromatic carbocycles. The first kappa shape index (κ1) is 11.3. The topological polar surface area (TPSA) is 20.3 Å². The highest BCUT2D eigenvalue weighted by Gasteiger charge is 2.42. The van der Waals surface area contributed by atoms with Crippen LogP contribution in [0, 0.1) is 5.41 Å². The zero-order chi connectivity index (χ0) is 12.8. The Morgan fingerprint density at radius 3 is 2.61 bits per heavy atom. The fourth-order valence-electron chi connectivity index (χ4n) is 2.94. The van der Waals surface area contributed by atoms with Crippen LogP contribution in [0.1, 0.15) is 20.3 Å². The largest absolute Gasteiger partial charge is 0.344 e. The van der Waals surface area contributed by atoms with Gasteiger partial charge in [0.05, 0.1) is 0 Å². The van der Waals surface area contributed by atoms with Crippen LogP contribution in [-0.4, -0.2) is 12.3 Å². The second-order valence-electron chi connectivity index (χ2n) is 5.33. The van der Waals surface area contributed by atoms with Gasteiger partial charge in [-0.05, 0) is 31.6 Å². The van der Waals surface area contributed by atoms with E-state index in [9.17, 15) is 4.79 Å². The minimum absolute atomic E-state index is 0.0315. The van der Waals surface area contributed by atoms with Gasteiger partial charge in [0.2, 0.25) is 0 Å². The molecular weight excluding hydrogens is 222 g/mol. The molecule has 1 saturated heterocycles. The van der Waals surface area contributed by atoms with E-state index in [0.29, 0.717) is 0 Å². The quantitative estimate of drug-likeness (QED) is 0.749. The van der Waals surface area contributed by atoms with Crippen molar-refractivity contribution in [1.29, 1.82) is 0 Å². The molecule has 3 rings (SSSR count). The van der Waals surface area contributed by atoms with Gasteiger partial charge in [0.1, 0.15) is 0 Å². The van der Waals surface area contributed by atoms with Gasteiger partial charge in [-0.1, -0.05) is 30.7 Å². The highest BCUT2D eigenvalue weighted by molar-refractivity contribution is 6.02. The Labute approximate surface area is 108 Å². The van der Waals surface area contributed by atoms with Gasteiger partial charge in [-0.15, -0.1) is 0 Å². The van der Waals surface area contributed by atoms with E-state index in [1.165, 1.54) is 11.3 Å². The summed E-state index contributed by atoms with van der Waals surface area (Å²) in [6.07, 6.45) is 4.65. The summed E-state index contributed by atoms with van der Waals surface area (Å²) in [7, 11) is 0. The molecule has 1 aromatic rings. The van der Waals surface area contributed by atoms with Crippen molar-refractivity contribution >= 4 is 11.5 Å². The van der Waals surface area contributed by atoms with Crippen molar-refractivity contribution in [3.05, 3.63) is 53.8 Å². The minimum atomic E-state index is 0.0315. The van der Waals surface area contributed by atoms with Gasteiger partial charge in [0, 0.05) is 29.4 Å². The number of benzene rings is 1. The molecular formula is C16H17NO. The second kappa shape index (κ2) is 3.84. The third kappa shape index (κ3) is 1.52. The van der Waals surface area contributed by atoms with E-state index in [-0.39, 0.29) is 11.2 Å². The van der Waals surface area contributed by atoms with Gasteiger partial charge in [0.25, 0.3) is 0 Å². The van der Waals surface area contributed by atoms with Crippen LogP contribution in [0.5, 0.6) is 0 Å². The van der Waals surface area contributed by atoms with Crippen molar-refractivity contribution in [3.63, 3.8) is 0 Å². The van der Waals surface area contributed by atoms with Gasteiger partial charge in [-0.25, -0.2) is 0 Å². The molecule has 1 atom stereocenters. The highest BCUT2D eigenvalue weighted by Crippen LogP contribution is 2.48. The molecule has 1 fully saturated rings. The molecule has 0 radical (unpaired) electrons. The molecule has 1 heterocycles. The molecule has 1 aliphatic heterocycles. The maximum Gasteiger partial charge on any atom is 0.180 e. The standard InChI is InChI=1S/C16H17NO/c1-12-10-14(18)11-15-16(12,2)8-9-17(15)13-6-4-3-5-7-13/h3-7,10-11H,8-9H2,1-2H3. The maximum absolute atomic E-state index is 11.8. The zero-order valence-electron chi connectivity index (χ0n) is 10.8. The van der Waals surface area contributed by atoms with Gasteiger partial charge in [0.15, 0.2) is 5.78 Å². The van der Waals surface area contributed by atoms with Crippen molar-refractivity contribution in [3.8, 4) is 0 Å². The van der Waals surface area contributed by atoms with Crippen LogP contribution < -0.4 is 4.90 Å². The van der Waals surface area contributed by atoms with E-state index in [2.05, 4.69) is 30.9 Å². The normalized spacial score (nSPS) is 26.8. The van der Waals surface area contributed by atoms with E-state index in [4.69, 9.17) is 0 Å². The van der Waals surface area contributed by atoms with E-state index in [0.717, 1.165) is 18.7 Å². The highest BCUT2D eigenvalue weighted by atomic mass is 16.1. The van der Waals surface area contributed by atoms with Crippen molar-refractivity contribution in [2.75, 3.05) is 11.4 Å². The number of allylic oxidation sites excluding steroid dienone is 3. The van der Waals surface area contributed by atoms with Crippen molar-refractivity contribution in [1.82, 2.24) is 0 Å². The van der Waals surface area contributed by atoms with E-state index in [1.807, 2.05) is 18.2 Å². The summed E-state index contributed by atoms with van der Waals surface area (Å²) in [4.78, 5) is 14.0. The lowest BCUT2D eigenvalue weighted by Gasteiger charge is -2.32. The molecule has 0 spiro atoms. The lowest BCUT2D eigenvalue weighted by molar-refractivity contribution is -0.110. The second-order valence-corrected chi connectivity index (χ2v) is 5.33. The molecule has 2 nitrogen and oxygen atoms in total. The number of ketones is 1. The van der Waals surface area contributed by atoms with Crippen LogP contribution in [0.4, 0.5) is 5.69 Å². The summed E-state index contributed by atoms with van der Waals surface area (Å²) in [6.45, 7) is 5.28. The third-order valence-corrected chi connectivity index (χ3v) is 4.27.